The largest absolute Gasteiger partial charge is 0.493 e. The first-order chi connectivity index (χ1) is 14.5. The number of fused-ring (bicyclic) bond motifs is 2. The summed E-state index contributed by atoms with van der Waals surface area (Å²) in [7, 11) is 3.51. The van der Waals surface area contributed by atoms with Gasteiger partial charge in [0.2, 0.25) is 5.95 Å². The second-order valence-corrected chi connectivity index (χ2v) is 8.35. The van der Waals surface area contributed by atoms with E-state index in [4.69, 9.17) is 26.1 Å². The number of nitrogens with one attached hydrogen (secondary N) is 1. The van der Waals surface area contributed by atoms with Crippen LogP contribution in [-0.4, -0.2) is 38.9 Å². The van der Waals surface area contributed by atoms with Gasteiger partial charge in [-0.15, -0.1) is 0 Å². The van der Waals surface area contributed by atoms with Crippen LogP contribution in [-0.2, 0) is 18.2 Å². The molecule has 0 unspecified atom stereocenters. The summed E-state index contributed by atoms with van der Waals surface area (Å²) in [5, 5.41) is 3.76. The van der Waals surface area contributed by atoms with Gasteiger partial charge in [-0.1, -0.05) is 11.6 Å². The molecular weight excluding hydrogens is 406 g/mol. The Morgan fingerprint density at radius 1 is 1.27 bits per heavy atom. The molecule has 5 rings (SSSR count). The molecule has 8 nitrogen and oxygen atoms in total. The molecule has 0 radical (unpaired) electrons. The van der Waals surface area contributed by atoms with Gasteiger partial charge in [-0.05, 0) is 37.3 Å². The Kier molecular flexibility index (Phi) is 4.91. The molecule has 1 aliphatic heterocycles. The van der Waals surface area contributed by atoms with Crippen LogP contribution < -0.4 is 15.7 Å². The molecule has 0 amide bonds. The monoisotopic (exact) mass is 429 g/mol. The summed E-state index contributed by atoms with van der Waals surface area (Å²) in [6.07, 6.45) is 6.46. The maximum atomic E-state index is 13.0. The standard InChI is InChI=1S/C21H24ClN5O3/c1-26-17-11-23-20(24-16-9-12-7-8-30-18(12)10-15(16)22)25-19(17)27(21(26)28)13-3-5-14(29-2)6-4-13/h9-11,13-14H,3-8H2,1-2H3,(H,23,24,25)/t13-,14+. The summed E-state index contributed by atoms with van der Waals surface area (Å²) in [6.45, 7) is 0.666. The van der Waals surface area contributed by atoms with Crippen molar-refractivity contribution in [2.45, 2.75) is 44.2 Å². The second-order valence-electron chi connectivity index (χ2n) is 7.94. The van der Waals surface area contributed by atoms with E-state index in [0.717, 1.165) is 49.1 Å². The number of methoxy groups -OCH3 is 1. The molecule has 0 saturated heterocycles. The molecule has 1 fully saturated rings. The smallest absolute Gasteiger partial charge is 0.330 e. The lowest BCUT2D eigenvalue weighted by Gasteiger charge is -2.28. The molecule has 0 spiro atoms. The number of ether oxygens (including phenoxy) is 2. The molecule has 2 aliphatic rings. The summed E-state index contributed by atoms with van der Waals surface area (Å²) in [6, 6.07) is 3.90. The summed E-state index contributed by atoms with van der Waals surface area (Å²) < 4.78 is 14.5. The van der Waals surface area contributed by atoms with Crippen LogP contribution in [0.25, 0.3) is 11.2 Å². The summed E-state index contributed by atoms with van der Waals surface area (Å²) in [4.78, 5) is 22.1. The van der Waals surface area contributed by atoms with Crippen molar-refractivity contribution >= 4 is 34.4 Å². The van der Waals surface area contributed by atoms with Gasteiger partial charge in [0.05, 0.1) is 29.6 Å². The zero-order chi connectivity index (χ0) is 20.8. The van der Waals surface area contributed by atoms with Crippen molar-refractivity contribution in [1.29, 1.82) is 0 Å². The Balaban J connectivity index is 1.51. The number of hydrogen-bond acceptors (Lipinski definition) is 6. The first kappa shape index (κ1) is 19.4. The molecule has 3 heterocycles. The molecule has 1 saturated carbocycles. The summed E-state index contributed by atoms with van der Waals surface area (Å²) in [5.41, 5.74) is 3.12. The third-order valence-corrected chi connectivity index (χ3v) is 6.51. The Morgan fingerprint density at radius 2 is 2.07 bits per heavy atom. The third-order valence-electron chi connectivity index (χ3n) is 6.20. The highest BCUT2D eigenvalue weighted by atomic mass is 35.5. The summed E-state index contributed by atoms with van der Waals surface area (Å²) >= 11 is 6.42. The first-order valence-corrected chi connectivity index (χ1v) is 10.6. The van der Waals surface area contributed by atoms with Gasteiger partial charge >= 0.3 is 5.69 Å². The molecule has 9 heteroatoms. The SMILES string of the molecule is CO[C@H]1CC[C@@H](n2c(=O)n(C)c3cnc(Nc4cc5c(cc4Cl)OCC5)nc32)CC1. The molecule has 1 aromatic carbocycles. The van der Waals surface area contributed by atoms with E-state index in [2.05, 4.69) is 10.3 Å². The van der Waals surface area contributed by atoms with E-state index in [-0.39, 0.29) is 17.8 Å². The lowest BCUT2D eigenvalue weighted by atomic mass is 9.93. The van der Waals surface area contributed by atoms with Crippen LogP contribution in [0.15, 0.2) is 23.1 Å². The Morgan fingerprint density at radius 3 is 2.83 bits per heavy atom. The fourth-order valence-corrected chi connectivity index (χ4v) is 4.68. The number of benzene rings is 1. The van der Waals surface area contributed by atoms with E-state index < -0.39 is 0 Å². The molecule has 2 aromatic heterocycles. The van der Waals surface area contributed by atoms with E-state index >= 15 is 0 Å². The molecule has 30 heavy (non-hydrogen) atoms. The normalized spacial score (nSPS) is 20.9. The molecule has 158 valence electrons. The average Bonchev–Trinajstić information content (AvgIpc) is 3.30. The molecular formula is C21H24ClN5O3. The van der Waals surface area contributed by atoms with Crippen LogP contribution in [0.3, 0.4) is 0 Å². The highest BCUT2D eigenvalue weighted by molar-refractivity contribution is 6.33. The van der Waals surface area contributed by atoms with Gasteiger partial charge in [-0.2, -0.15) is 4.98 Å². The minimum atomic E-state index is -0.0648. The van der Waals surface area contributed by atoms with Crippen molar-refractivity contribution in [2.75, 3.05) is 19.0 Å². The molecule has 1 N–H and O–H groups in total. The lowest BCUT2D eigenvalue weighted by Crippen LogP contribution is -2.30. The van der Waals surface area contributed by atoms with Crippen molar-refractivity contribution in [3.63, 3.8) is 0 Å². The first-order valence-electron chi connectivity index (χ1n) is 10.2. The number of hydrogen-bond donors (Lipinski definition) is 1. The van der Waals surface area contributed by atoms with Crippen LogP contribution in [0.2, 0.25) is 5.02 Å². The van der Waals surface area contributed by atoms with Gasteiger partial charge in [-0.25, -0.2) is 9.78 Å². The molecule has 1 aliphatic carbocycles. The van der Waals surface area contributed by atoms with Gasteiger partial charge < -0.3 is 14.8 Å². The van der Waals surface area contributed by atoms with Gasteiger partial charge in [0.15, 0.2) is 5.65 Å². The van der Waals surface area contributed by atoms with Crippen molar-refractivity contribution < 1.29 is 9.47 Å². The molecule has 0 atom stereocenters. The lowest BCUT2D eigenvalue weighted by molar-refractivity contribution is 0.0584. The van der Waals surface area contributed by atoms with E-state index in [1.54, 1.807) is 24.9 Å². The molecule has 3 aromatic rings. The van der Waals surface area contributed by atoms with Crippen molar-refractivity contribution in [3.8, 4) is 5.75 Å². The Labute approximate surface area is 178 Å². The minimum Gasteiger partial charge on any atom is -0.493 e. The maximum Gasteiger partial charge on any atom is 0.330 e. The van der Waals surface area contributed by atoms with Gasteiger partial charge in [0.1, 0.15) is 11.3 Å². The van der Waals surface area contributed by atoms with E-state index in [1.807, 2.05) is 16.7 Å². The number of anilines is 2. The Bertz CT molecular complexity index is 1160. The van der Waals surface area contributed by atoms with Crippen LogP contribution in [0.4, 0.5) is 11.6 Å². The topological polar surface area (TPSA) is 83.2 Å². The Hall–Kier alpha value is -2.58. The predicted octanol–water partition coefficient (Wildman–Crippen LogP) is 3.59. The van der Waals surface area contributed by atoms with Gasteiger partial charge in [-0.3, -0.25) is 9.13 Å². The fourth-order valence-electron chi connectivity index (χ4n) is 4.48. The molecule has 0 bridgehead atoms. The second kappa shape index (κ2) is 7.59. The fraction of sp³-hybridized carbons (Fsp3) is 0.476. The van der Waals surface area contributed by atoms with E-state index in [9.17, 15) is 4.79 Å². The predicted molar refractivity (Wildman–Crippen MR) is 115 cm³/mol. The number of rotatable bonds is 4. The number of halogens is 1. The van der Waals surface area contributed by atoms with Crippen LogP contribution >= 0.6 is 11.6 Å². The highest BCUT2D eigenvalue weighted by Crippen LogP contribution is 2.35. The van der Waals surface area contributed by atoms with Crippen molar-refractivity contribution in [3.05, 3.63) is 39.4 Å². The van der Waals surface area contributed by atoms with Crippen LogP contribution in [0.1, 0.15) is 37.3 Å². The number of nitrogens with zero attached hydrogens (tertiary/aromatic N) is 4. The van der Waals surface area contributed by atoms with Crippen molar-refractivity contribution in [2.24, 2.45) is 7.05 Å². The van der Waals surface area contributed by atoms with Gasteiger partial charge in [0.25, 0.3) is 0 Å². The summed E-state index contributed by atoms with van der Waals surface area (Å²) in [5.74, 6) is 1.23. The van der Waals surface area contributed by atoms with E-state index in [0.29, 0.717) is 28.7 Å². The van der Waals surface area contributed by atoms with Crippen LogP contribution in [0.5, 0.6) is 5.75 Å². The van der Waals surface area contributed by atoms with Crippen LogP contribution in [0, 0.1) is 0 Å². The number of aryl methyl sites for hydroxylation is 1. The maximum absolute atomic E-state index is 13.0. The zero-order valence-electron chi connectivity index (χ0n) is 17.0. The van der Waals surface area contributed by atoms with Gasteiger partial charge in [0, 0.05) is 32.7 Å². The quantitative estimate of drug-likeness (QED) is 0.682. The number of aromatic nitrogens is 4. The minimum absolute atomic E-state index is 0.0648. The number of imidazole rings is 1. The van der Waals surface area contributed by atoms with Crippen molar-refractivity contribution in [1.82, 2.24) is 19.1 Å². The zero-order valence-corrected chi connectivity index (χ0v) is 17.8. The highest BCUT2D eigenvalue weighted by Gasteiger charge is 2.27. The van der Waals surface area contributed by atoms with E-state index in [1.165, 1.54) is 0 Å². The average molecular weight is 430 g/mol. The third kappa shape index (κ3) is 3.24.